The largest absolute Gasteiger partial charge is 0.493 e. The van der Waals surface area contributed by atoms with E-state index < -0.39 is 0 Å². The Balaban J connectivity index is 1.88. The summed E-state index contributed by atoms with van der Waals surface area (Å²) in [5.41, 5.74) is 3.74. The van der Waals surface area contributed by atoms with E-state index in [0.717, 1.165) is 38.5 Å². The molecule has 0 aliphatic carbocycles. The molecule has 1 heterocycles. The van der Waals surface area contributed by atoms with Crippen LogP contribution in [0.15, 0.2) is 12.1 Å². The summed E-state index contributed by atoms with van der Waals surface area (Å²) in [6.07, 6.45) is 1.24. The summed E-state index contributed by atoms with van der Waals surface area (Å²) < 4.78 is 11.6. The van der Waals surface area contributed by atoms with Gasteiger partial charge >= 0.3 is 0 Å². The summed E-state index contributed by atoms with van der Waals surface area (Å²) in [4.78, 5) is 0. The fourth-order valence-corrected chi connectivity index (χ4v) is 2.25. The smallest absolute Gasteiger partial charge is 0.125 e. The Hall–Kier alpha value is -1.06. The van der Waals surface area contributed by atoms with E-state index in [1.54, 1.807) is 0 Å². The van der Waals surface area contributed by atoms with Crippen LogP contribution in [-0.2, 0) is 4.74 Å². The van der Waals surface area contributed by atoms with E-state index in [9.17, 15) is 0 Å². The first kappa shape index (κ1) is 13.4. The van der Waals surface area contributed by atoms with E-state index in [2.05, 4.69) is 38.2 Å². The molecule has 1 saturated heterocycles. The molecular formula is C15H23NO2. The lowest BCUT2D eigenvalue weighted by Crippen LogP contribution is -2.39. The van der Waals surface area contributed by atoms with Crippen LogP contribution in [0, 0.1) is 20.8 Å². The van der Waals surface area contributed by atoms with E-state index in [1.165, 1.54) is 16.7 Å². The predicted octanol–water partition coefficient (Wildman–Crippen LogP) is 2.37. The molecule has 1 aromatic rings. The van der Waals surface area contributed by atoms with Gasteiger partial charge in [0.2, 0.25) is 0 Å². The Kier molecular flexibility index (Phi) is 4.61. The van der Waals surface area contributed by atoms with Crippen molar-refractivity contribution in [3.05, 3.63) is 28.8 Å². The highest BCUT2D eigenvalue weighted by Crippen LogP contribution is 2.25. The van der Waals surface area contributed by atoms with E-state index in [4.69, 9.17) is 9.47 Å². The Morgan fingerprint density at radius 2 is 2.06 bits per heavy atom. The number of aryl methyl sites for hydroxylation is 2. The number of nitrogens with one attached hydrogen (secondary N) is 1. The maximum Gasteiger partial charge on any atom is 0.125 e. The van der Waals surface area contributed by atoms with Gasteiger partial charge in [-0.2, -0.15) is 0 Å². The van der Waals surface area contributed by atoms with Crippen molar-refractivity contribution in [3.63, 3.8) is 0 Å². The molecule has 0 bridgehead atoms. The van der Waals surface area contributed by atoms with Crippen LogP contribution >= 0.6 is 0 Å². The van der Waals surface area contributed by atoms with Crippen molar-refractivity contribution in [2.75, 3.05) is 26.3 Å². The molecular weight excluding hydrogens is 226 g/mol. The molecule has 3 nitrogen and oxygen atoms in total. The second kappa shape index (κ2) is 6.21. The summed E-state index contributed by atoms with van der Waals surface area (Å²) in [5, 5.41) is 3.33. The van der Waals surface area contributed by atoms with Gasteiger partial charge in [-0.25, -0.2) is 0 Å². The standard InChI is InChI=1S/C15H23NO2/c1-11-4-5-12(2)15(13(11)3)18-8-6-14-10-16-7-9-17-14/h4-5,14,16H,6-10H2,1-3H3. The average Bonchev–Trinajstić information content (AvgIpc) is 2.39. The van der Waals surface area contributed by atoms with Crippen LogP contribution in [0.25, 0.3) is 0 Å². The quantitative estimate of drug-likeness (QED) is 0.888. The van der Waals surface area contributed by atoms with Gasteiger partial charge in [0.25, 0.3) is 0 Å². The van der Waals surface area contributed by atoms with Crippen molar-refractivity contribution < 1.29 is 9.47 Å². The number of rotatable bonds is 4. The number of morpholine rings is 1. The monoisotopic (exact) mass is 249 g/mol. The number of hydrogen-bond donors (Lipinski definition) is 1. The summed E-state index contributed by atoms with van der Waals surface area (Å²) in [6.45, 7) is 9.78. The highest BCUT2D eigenvalue weighted by atomic mass is 16.5. The van der Waals surface area contributed by atoms with Gasteiger partial charge < -0.3 is 14.8 Å². The molecule has 2 rings (SSSR count). The molecule has 0 aromatic heterocycles. The van der Waals surface area contributed by atoms with Crippen molar-refractivity contribution in [2.24, 2.45) is 0 Å². The number of benzene rings is 1. The van der Waals surface area contributed by atoms with Gasteiger partial charge in [0.15, 0.2) is 0 Å². The highest BCUT2D eigenvalue weighted by Gasteiger charge is 2.14. The summed E-state index contributed by atoms with van der Waals surface area (Å²) in [6, 6.07) is 4.27. The number of ether oxygens (including phenoxy) is 2. The minimum Gasteiger partial charge on any atom is -0.493 e. The summed E-state index contributed by atoms with van der Waals surface area (Å²) >= 11 is 0. The van der Waals surface area contributed by atoms with Crippen LogP contribution in [0.4, 0.5) is 0 Å². The molecule has 1 atom stereocenters. The highest BCUT2D eigenvalue weighted by molar-refractivity contribution is 5.44. The lowest BCUT2D eigenvalue weighted by atomic mass is 10.1. The maximum absolute atomic E-state index is 5.94. The lowest BCUT2D eigenvalue weighted by molar-refractivity contribution is 0.0158. The van der Waals surface area contributed by atoms with E-state index in [-0.39, 0.29) is 0 Å². The van der Waals surface area contributed by atoms with Gasteiger partial charge in [-0.05, 0) is 37.5 Å². The zero-order valence-electron chi connectivity index (χ0n) is 11.6. The predicted molar refractivity (Wildman–Crippen MR) is 73.4 cm³/mol. The Morgan fingerprint density at radius 1 is 1.28 bits per heavy atom. The van der Waals surface area contributed by atoms with Crippen molar-refractivity contribution in [2.45, 2.75) is 33.3 Å². The zero-order valence-corrected chi connectivity index (χ0v) is 11.6. The van der Waals surface area contributed by atoms with Gasteiger partial charge in [0, 0.05) is 19.5 Å². The van der Waals surface area contributed by atoms with Crippen LogP contribution in [-0.4, -0.2) is 32.4 Å². The zero-order chi connectivity index (χ0) is 13.0. The van der Waals surface area contributed by atoms with E-state index >= 15 is 0 Å². The van der Waals surface area contributed by atoms with Gasteiger partial charge in [-0.3, -0.25) is 0 Å². The lowest BCUT2D eigenvalue weighted by Gasteiger charge is -2.24. The Morgan fingerprint density at radius 3 is 2.78 bits per heavy atom. The average molecular weight is 249 g/mol. The molecule has 3 heteroatoms. The van der Waals surface area contributed by atoms with Crippen LogP contribution in [0.3, 0.4) is 0 Å². The first-order valence-corrected chi connectivity index (χ1v) is 6.70. The van der Waals surface area contributed by atoms with E-state index in [1.807, 2.05) is 0 Å². The molecule has 1 N–H and O–H groups in total. The molecule has 18 heavy (non-hydrogen) atoms. The second-order valence-corrected chi connectivity index (χ2v) is 4.99. The summed E-state index contributed by atoms with van der Waals surface area (Å²) in [5.74, 6) is 1.04. The molecule has 0 spiro atoms. The van der Waals surface area contributed by atoms with Crippen LogP contribution in [0.2, 0.25) is 0 Å². The molecule has 100 valence electrons. The Labute approximate surface area is 109 Å². The minimum absolute atomic E-state index is 0.296. The molecule has 1 fully saturated rings. The molecule has 0 saturated carbocycles. The van der Waals surface area contributed by atoms with Crippen molar-refractivity contribution in [1.82, 2.24) is 5.32 Å². The molecule has 0 radical (unpaired) electrons. The molecule has 1 aliphatic rings. The first-order valence-electron chi connectivity index (χ1n) is 6.70. The fraction of sp³-hybridized carbons (Fsp3) is 0.600. The second-order valence-electron chi connectivity index (χ2n) is 4.99. The molecule has 0 amide bonds. The van der Waals surface area contributed by atoms with Crippen molar-refractivity contribution in [1.29, 1.82) is 0 Å². The van der Waals surface area contributed by atoms with Crippen molar-refractivity contribution >= 4 is 0 Å². The first-order chi connectivity index (χ1) is 8.68. The van der Waals surface area contributed by atoms with Gasteiger partial charge in [0.1, 0.15) is 5.75 Å². The molecule has 1 aromatic carbocycles. The normalized spacial score (nSPS) is 19.8. The third kappa shape index (κ3) is 3.24. The van der Waals surface area contributed by atoms with E-state index in [0.29, 0.717) is 6.10 Å². The minimum atomic E-state index is 0.296. The topological polar surface area (TPSA) is 30.5 Å². The van der Waals surface area contributed by atoms with Crippen LogP contribution in [0.5, 0.6) is 5.75 Å². The molecule has 1 aliphatic heterocycles. The van der Waals surface area contributed by atoms with Gasteiger partial charge in [0.05, 0.1) is 19.3 Å². The number of hydrogen-bond acceptors (Lipinski definition) is 3. The Bertz CT molecular complexity index is 398. The van der Waals surface area contributed by atoms with Crippen LogP contribution in [0.1, 0.15) is 23.1 Å². The van der Waals surface area contributed by atoms with Crippen molar-refractivity contribution in [3.8, 4) is 5.75 Å². The van der Waals surface area contributed by atoms with Crippen LogP contribution < -0.4 is 10.1 Å². The fourth-order valence-electron chi connectivity index (χ4n) is 2.25. The summed E-state index contributed by atoms with van der Waals surface area (Å²) in [7, 11) is 0. The maximum atomic E-state index is 5.94. The van der Waals surface area contributed by atoms with Gasteiger partial charge in [-0.15, -0.1) is 0 Å². The van der Waals surface area contributed by atoms with Gasteiger partial charge in [-0.1, -0.05) is 12.1 Å². The third-order valence-corrected chi connectivity index (χ3v) is 3.56. The third-order valence-electron chi connectivity index (χ3n) is 3.56. The molecule has 1 unspecified atom stereocenters. The SMILES string of the molecule is Cc1ccc(C)c(OCCC2CNCCO2)c1C.